The van der Waals surface area contributed by atoms with Crippen molar-refractivity contribution in [2.45, 2.75) is 20.3 Å². The molecule has 0 aromatic carbocycles. The second-order valence-electron chi connectivity index (χ2n) is 3.05. The van der Waals surface area contributed by atoms with Crippen LogP contribution in [0.15, 0.2) is 0 Å². The third-order valence-corrected chi connectivity index (χ3v) is 2.69. The molecule has 1 nitrogen and oxygen atoms in total. The highest BCUT2D eigenvalue weighted by atomic mass is 32.2. The summed E-state index contributed by atoms with van der Waals surface area (Å²) in [7, 11) is 0. The normalized spacial score (nSPS) is 26.5. The van der Waals surface area contributed by atoms with Gasteiger partial charge in [-0.25, -0.2) is 0 Å². The van der Waals surface area contributed by atoms with Crippen LogP contribution in [0.5, 0.6) is 0 Å². The molecule has 1 fully saturated rings. The second kappa shape index (κ2) is 1.76. The Morgan fingerprint density at radius 1 is 1.62 bits per heavy atom. The molecule has 46 valence electrons. The first-order valence-electron chi connectivity index (χ1n) is 2.80. The molecule has 1 aliphatic rings. The topological polar surface area (TPSA) is 23.9 Å². The lowest BCUT2D eigenvalue weighted by molar-refractivity contribution is 0.456. The molecule has 1 N–H and O–H groups in total. The van der Waals surface area contributed by atoms with Gasteiger partial charge in [0.1, 0.15) is 0 Å². The number of rotatable bonds is 0. The monoisotopic (exact) mass is 129 g/mol. The molecule has 0 aliphatic carbocycles. The summed E-state index contributed by atoms with van der Waals surface area (Å²) in [6.07, 6.45) is 0.984. The fourth-order valence-electron chi connectivity index (χ4n) is 0.819. The van der Waals surface area contributed by atoms with Crippen molar-refractivity contribution in [2.24, 2.45) is 5.41 Å². The minimum atomic E-state index is 0.405. The fourth-order valence-corrected chi connectivity index (χ4v) is 1.98. The van der Waals surface area contributed by atoms with Crippen LogP contribution in [0.25, 0.3) is 0 Å². The van der Waals surface area contributed by atoms with Gasteiger partial charge in [-0.05, 0) is 5.41 Å². The van der Waals surface area contributed by atoms with E-state index in [2.05, 4.69) is 13.8 Å². The van der Waals surface area contributed by atoms with Crippen LogP contribution in [-0.2, 0) is 0 Å². The van der Waals surface area contributed by atoms with Gasteiger partial charge in [0.2, 0.25) is 0 Å². The highest BCUT2D eigenvalue weighted by Gasteiger charge is 2.27. The van der Waals surface area contributed by atoms with E-state index in [1.54, 1.807) is 11.8 Å². The molecule has 1 heterocycles. The molecule has 8 heavy (non-hydrogen) atoms. The lowest BCUT2D eigenvalue weighted by Crippen LogP contribution is -2.08. The molecule has 0 saturated carbocycles. The van der Waals surface area contributed by atoms with Crippen molar-refractivity contribution < 1.29 is 0 Å². The first-order chi connectivity index (χ1) is 3.60. The molecule has 0 unspecified atom stereocenters. The van der Waals surface area contributed by atoms with Gasteiger partial charge in [0, 0.05) is 12.2 Å². The van der Waals surface area contributed by atoms with Crippen molar-refractivity contribution in [3.8, 4) is 0 Å². The summed E-state index contributed by atoms with van der Waals surface area (Å²) in [5.41, 5.74) is 0.405. The van der Waals surface area contributed by atoms with Crippen LogP contribution < -0.4 is 0 Å². The molecule has 1 rings (SSSR count). The van der Waals surface area contributed by atoms with E-state index >= 15 is 0 Å². The Bertz CT molecular complexity index is 118. The van der Waals surface area contributed by atoms with Gasteiger partial charge in [-0.3, -0.25) is 5.41 Å². The van der Waals surface area contributed by atoms with Gasteiger partial charge in [0.15, 0.2) is 0 Å². The molecule has 0 radical (unpaired) electrons. The summed E-state index contributed by atoms with van der Waals surface area (Å²) in [5, 5.41) is 8.12. The van der Waals surface area contributed by atoms with Crippen molar-refractivity contribution in [1.82, 2.24) is 0 Å². The van der Waals surface area contributed by atoms with Crippen LogP contribution >= 0.6 is 11.8 Å². The zero-order chi connectivity index (χ0) is 6.20. The summed E-state index contributed by atoms with van der Waals surface area (Å²) in [6, 6.07) is 0. The van der Waals surface area contributed by atoms with Gasteiger partial charge in [-0.1, -0.05) is 13.8 Å². The Labute approximate surface area is 54.4 Å². The van der Waals surface area contributed by atoms with E-state index in [0.717, 1.165) is 17.2 Å². The van der Waals surface area contributed by atoms with Crippen molar-refractivity contribution in [3.05, 3.63) is 0 Å². The van der Waals surface area contributed by atoms with Crippen LogP contribution in [0.4, 0.5) is 0 Å². The smallest absolute Gasteiger partial charge is 0.0647 e. The van der Waals surface area contributed by atoms with E-state index < -0.39 is 0 Å². The van der Waals surface area contributed by atoms with E-state index in [4.69, 9.17) is 5.41 Å². The van der Waals surface area contributed by atoms with Crippen molar-refractivity contribution in [1.29, 1.82) is 5.41 Å². The van der Waals surface area contributed by atoms with Crippen LogP contribution in [-0.4, -0.2) is 10.8 Å². The second-order valence-corrected chi connectivity index (χ2v) is 4.12. The highest BCUT2D eigenvalue weighted by molar-refractivity contribution is 8.14. The number of nitrogens with one attached hydrogen (secondary N) is 1. The maximum atomic E-state index is 7.27. The molecule has 0 aromatic heterocycles. The van der Waals surface area contributed by atoms with Crippen LogP contribution in [0.2, 0.25) is 0 Å². The SMILES string of the molecule is CC1(C)CSC(=N)C1. The molecule has 0 aromatic rings. The van der Waals surface area contributed by atoms with E-state index in [9.17, 15) is 0 Å². The Hall–Kier alpha value is 0.0200. The molecule has 2 heteroatoms. The first kappa shape index (κ1) is 6.14. The van der Waals surface area contributed by atoms with E-state index in [1.807, 2.05) is 0 Å². The van der Waals surface area contributed by atoms with Gasteiger partial charge >= 0.3 is 0 Å². The maximum Gasteiger partial charge on any atom is 0.0647 e. The largest absolute Gasteiger partial charge is 0.298 e. The molecular formula is C6H11NS. The predicted octanol–water partition coefficient (Wildman–Crippen LogP) is 2.13. The lowest BCUT2D eigenvalue weighted by atomic mass is 9.93. The summed E-state index contributed by atoms with van der Waals surface area (Å²) >= 11 is 1.69. The Morgan fingerprint density at radius 2 is 2.25 bits per heavy atom. The van der Waals surface area contributed by atoms with E-state index in [1.165, 1.54) is 0 Å². The average molecular weight is 129 g/mol. The summed E-state index contributed by atoms with van der Waals surface area (Å²) in [5.74, 6) is 1.13. The minimum absolute atomic E-state index is 0.405. The van der Waals surface area contributed by atoms with Crippen molar-refractivity contribution in [2.75, 3.05) is 5.75 Å². The van der Waals surface area contributed by atoms with Crippen LogP contribution in [0, 0.1) is 10.8 Å². The molecule has 1 saturated heterocycles. The highest BCUT2D eigenvalue weighted by Crippen LogP contribution is 2.35. The van der Waals surface area contributed by atoms with Gasteiger partial charge in [-0.15, -0.1) is 11.8 Å². The molecule has 1 aliphatic heterocycles. The van der Waals surface area contributed by atoms with Gasteiger partial charge in [0.05, 0.1) is 5.04 Å². The minimum Gasteiger partial charge on any atom is -0.298 e. The predicted molar refractivity (Wildman–Crippen MR) is 38.6 cm³/mol. The van der Waals surface area contributed by atoms with Crippen molar-refractivity contribution >= 4 is 16.8 Å². The Balaban J connectivity index is 2.56. The average Bonchev–Trinajstić information content (AvgIpc) is 1.82. The Morgan fingerprint density at radius 3 is 2.38 bits per heavy atom. The molecular weight excluding hydrogens is 118 g/mol. The van der Waals surface area contributed by atoms with E-state index in [0.29, 0.717) is 5.41 Å². The molecule has 0 amide bonds. The molecule has 0 atom stereocenters. The third kappa shape index (κ3) is 1.25. The lowest BCUT2D eigenvalue weighted by Gasteiger charge is -2.11. The quantitative estimate of drug-likeness (QED) is 0.532. The Kier molecular flexibility index (Phi) is 1.35. The zero-order valence-corrected chi connectivity index (χ0v) is 6.14. The fraction of sp³-hybridized carbons (Fsp3) is 0.833. The van der Waals surface area contributed by atoms with Gasteiger partial charge in [-0.2, -0.15) is 0 Å². The number of hydrogen-bond acceptors (Lipinski definition) is 2. The third-order valence-electron chi connectivity index (χ3n) is 1.28. The van der Waals surface area contributed by atoms with Gasteiger partial charge in [0.25, 0.3) is 0 Å². The summed E-state index contributed by atoms with van der Waals surface area (Å²) in [4.78, 5) is 0. The summed E-state index contributed by atoms with van der Waals surface area (Å²) in [6.45, 7) is 4.42. The molecule has 0 bridgehead atoms. The zero-order valence-electron chi connectivity index (χ0n) is 5.32. The standard InChI is InChI=1S/C6H11NS/c1-6(2)3-5(7)8-4-6/h7H,3-4H2,1-2H3. The van der Waals surface area contributed by atoms with Crippen LogP contribution in [0.1, 0.15) is 20.3 Å². The molecule has 0 spiro atoms. The van der Waals surface area contributed by atoms with E-state index in [-0.39, 0.29) is 0 Å². The number of hydrogen-bond donors (Lipinski definition) is 1. The van der Waals surface area contributed by atoms with Crippen LogP contribution in [0.3, 0.4) is 0 Å². The number of thioether (sulfide) groups is 1. The maximum absolute atomic E-state index is 7.27. The first-order valence-corrected chi connectivity index (χ1v) is 3.79. The van der Waals surface area contributed by atoms with Crippen molar-refractivity contribution in [3.63, 3.8) is 0 Å². The summed E-state index contributed by atoms with van der Waals surface area (Å²) < 4.78 is 0. The van der Waals surface area contributed by atoms with Gasteiger partial charge < -0.3 is 0 Å².